The van der Waals surface area contributed by atoms with Gasteiger partial charge in [-0.1, -0.05) is 30.3 Å². The number of benzene rings is 1. The van der Waals surface area contributed by atoms with Crippen LogP contribution in [0.2, 0.25) is 0 Å². The molecular formula is C16H29IN4. The van der Waals surface area contributed by atoms with Crippen LogP contribution < -0.4 is 16.0 Å². The summed E-state index contributed by atoms with van der Waals surface area (Å²) in [5.41, 5.74) is 1.50. The maximum Gasteiger partial charge on any atom is 0.191 e. The molecule has 1 rings (SSSR count). The Morgan fingerprint density at radius 1 is 1.00 bits per heavy atom. The molecule has 0 atom stereocenters. The lowest BCUT2D eigenvalue weighted by Crippen LogP contribution is -2.44. The van der Waals surface area contributed by atoms with Crippen molar-refractivity contribution in [1.29, 1.82) is 0 Å². The van der Waals surface area contributed by atoms with Crippen LogP contribution in [0, 0.1) is 0 Å². The molecule has 0 unspecified atom stereocenters. The summed E-state index contributed by atoms with van der Waals surface area (Å²) in [7, 11) is 1.80. The van der Waals surface area contributed by atoms with E-state index in [-0.39, 0.29) is 29.5 Å². The van der Waals surface area contributed by atoms with Crippen LogP contribution in [0.15, 0.2) is 35.3 Å². The molecule has 120 valence electrons. The van der Waals surface area contributed by atoms with Crippen molar-refractivity contribution in [1.82, 2.24) is 16.0 Å². The minimum atomic E-state index is 0. The largest absolute Gasteiger partial charge is 0.356 e. The lowest BCUT2D eigenvalue weighted by Gasteiger charge is -2.21. The Kier molecular flexibility index (Phi) is 10.4. The molecule has 0 amide bonds. The van der Waals surface area contributed by atoms with Gasteiger partial charge in [-0.3, -0.25) is 4.99 Å². The molecule has 5 heteroatoms. The van der Waals surface area contributed by atoms with E-state index < -0.39 is 0 Å². The Hall–Kier alpha value is -0.820. The third kappa shape index (κ3) is 10.5. The van der Waals surface area contributed by atoms with E-state index in [9.17, 15) is 0 Å². The molecule has 3 N–H and O–H groups in total. The van der Waals surface area contributed by atoms with Gasteiger partial charge in [-0.05, 0) is 32.8 Å². The molecule has 0 heterocycles. The Morgan fingerprint density at radius 2 is 1.62 bits per heavy atom. The van der Waals surface area contributed by atoms with E-state index >= 15 is 0 Å². The summed E-state index contributed by atoms with van der Waals surface area (Å²) in [6.07, 6.45) is 1.00. The Balaban J connectivity index is 0.00000400. The van der Waals surface area contributed by atoms with Crippen LogP contribution in [0.5, 0.6) is 0 Å². The minimum Gasteiger partial charge on any atom is -0.356 e. The molecule has 0 aliphatic rings. The number of hydrogen-bond donors (Lipinski definition) is 3. The Morgan fingerprint density at radius 3 is 2.19 bits per heavy atom. The zero-order valence-corrected chi connectivity index (χ0v) is 15.9. The molecule has 0 aliphatic heterocycles. The SMILES string of the molecule is CN=C(NCCNC(C)(C)C)NCCc1ccccc1.I. The molecule has 0 bridgehead atoms. The van der Waals surface area contributed by atoms with Gasteiger partial charge in [0.05, 0.1) is 0 Å². The fourth-order valence-electron chi connectivity index (χ4n) is 1.81. The van der Waals surface area contributed by atoms with Crippen molar-refractivity contribution in [3.63, 3.8) is 0 Å². The summed E-state index contributed by atoms with van der Waals surface area (Å²) in [4.78, 5) is 4.22. The molecule has 0 saturated heterocycles. The van der Waals surface area contributed by atoms with E-state index in [1.165, 1.54) is 5.56 Å². The number of aliphatic imine (C=N–C) groups is 1. The van der Waals surface area contributed by atoms with E-state index in [0.717, 1.165) is 32.0 Å². The zero-order valence-electron chi connectivity index (χ0n) is 13.6. The molecule has 21 heavy (non-hydrogen) atoms. The highest BCUT2D eigenvalue weighted by molar-refractivity contribution is 14.0. The van der Waals surface area contributed by atoms with E-state index in [1.807, 2.05) is 6.07 Å². The lowest BCUT2D eigenvalue weighted by molar-refractivity contribution is 0.428. The number of rotatable bonds is 6. The van der Waals surface area contributed by atoms with Gasteiger partial charge >= 0.3 is 0 Å². The molecule has 0 radical (unpaired) electrons. The number of guanidine groups is 1. The average molecular weight is 404 g/mol. The molecule has 0 aliphatic carbocycles. The van der Waals surface area contributed by atoms with Crippen molar-refractivity contribution in [2.24, 2.45) is 4.99 Å². The standard InChI is InChI=1S/C16H28N4.HI/c1-16(2,3)20-13-12-19-15(17-4)18-11-10-14-8-6-5-7-9-14;/h5-9,20H,10-13H2,1-4H3,(H2,17,18,19);1H. The van der Waals surface area contributed by atoms with Crippen molar-refractivity contribution in [2.75, 3.05) is 26.7 Å². The van der Waals surface area contributed by atoms with Gasteiger partial charge in [0.15, 0.2) is 5.96 Å². The first-order chi connectivity index (χ1) is 9.51. The highest BCUT2D eigenvalue weighted by atomic mass is 127. The van der Waals surface area contributed by atoms with Gasteiger partial charge in [0.1, 0.15) is 0 Å². The van der Waals surface area contributed by atoms with Crippen LogP contribution in [0.3, 0.4) is 0 Å². The second kappa shape index (κ2) is 10.8. The van der Waals surface area contributed by atoms with E-state index in [0.29, 0.717) is 0 Å². The smallest absolute Gasteiger partial charge is 0.191 e. The quantitative estimate of drug-likeness (QED) is 0.295. The summed E-state index contributed by atoms with van der Waals surface area (Å²) in [6.45, 7) is 9.17. The monoisotopic (exact) mass is 404 g/mol. The normalized spacial score (nSPS) is 11.7. The number of halogens is 1. The third-order valence-electron chi connectivity index (χ3n) is 2.85. The van der Waals surface area contributed by atoms with E-state index in [4.69, 9.17) is 0 Å². The summed E-state index contributed by atoms with van der Waals surface area (Å²) in [5.74, 6) is 0.858. The number of nitrogens with one attached hydrogen (secondary N) is 3. The summed E-state index contributed by atoms with van der Waals surface area (Å²) >= 11 is 0. The molecular weight excluding hydrogens is 375 g/mol. The summed E-state index contributed by atoms with van der Waals surface area (Å²) in [6, 6.07) is 10.5. The molecule has 0 aromatic heterocycles. The van der Waals surface area contributed by atoms with Crippen LogP contribution in [0.4, 0.5) is 0 Å². The van der Waals surface area contributed by atoms with E-state index in [2.05, 4.69) is 66.0 Å². The number of nitrogens with zero attached hydrogens (tertiary/aromatic N) is 1. The fraction of sp³-hybridized carbons (Fsp3) is 0.562. The highest BCUT2D eigenvalue weighted by Crippen LogP contribution is 1.98. The topological polar surface area (TPSA) is 48.5 Å². The van der Waals surface area contributed by atoms with Crippen LogP contribution in [0.1, 0.15) is 26.3 Å². The van der Waals surface area contributed by atoms with Gasteiger partial charge in [-0.25, -0.2) is 0 Å². The van der Waals surface area contributed by atoms with Gasteiger partial charge in [-0.15, -0.1) is 24.0 Å². The zero-order chi connectivity index (χ0) is 14.8. The molecule has 0 spiro atoms. The fourth-order valence-corrected chi connectivity index (χ4v) is 1.81. The summed E-state index contributed by atoms with van der Waals surface area (Å²) in [5, 5.41) is 10.1. The van der Waals surface area contributed by atoms with Crippen molar-refractivity contribution in [2.45, 2.75) is 32.7 Å². The lowest BCUT2D eigenvalue weighted by atomic mass is 10.1. The minimum absolute atomic E-state index is 0. The second-order valence-corrected chi connectivity index (χ2v) is 5.84. The van der Waals surface area contributed by atoms with Crippen LogP contribution in [-0.4, -0.2) is 38.2 Å². The van der Waals surface area contributed by atoms with E-state index in [1.54, 1.807) is 7.05 Å². The first kappa shape index (κ1) is 20.2. The number of hydrogen-bond acceptors (Lipinski definition) is 2. The molecule has 0 saturated carbocycles. The second-order valence-electron chi connectivity index (χ2n) is 5.84. The van der Waals surface area contributed by atoms with Crippen molar-refractivity contribution in [3.8, 4) is 0 Å². The maximum atomic E-state index is 4.22. The maximum absolute atomic E-state index is 4.22. The Labute approximate surface area is 146 Å². The van der Waals surface area contributed by atoms with Crippen LogP contribution in [-0.2, 0) is 6.42 Å². The van der Waals surface area contributed by atoms with Crippen LogP contribution in [0.25, 0.3) is 0 Å². The molecule has 4 nitrogen and oxygen atoms in total. The molecule has 0 fully saturated rings. The van der Waals surface area contributed by atoms with Gasteiger partial charge in [0, 0.05) is 32.2 Å². The third-order valence-corrected chi connectivity index (χ3v) is 2.85. The van der Waals surface area contributed by atoms with Crippen LogP contribution >= 0.6 is 24.0 Å². The van der Waals surface area contributed by atoms with Crippen molar-refractivity contribution >= 4 is 29.9 Å². The predicted molar refractivity (Wildman–Crippen MR) is 103 cm³/mol. The van der Waals surface area contributed by atoms with Crippen molar-refractivity contribution < 1.29 is 0 Å². The first-order valence-electron chi connectivity index (χ1n) is 7.25. The highest BCUT2D eigenvalue weighted by Gasteiger charge is 2.07. The van der Waals surface area contributed by atoms with Gasteiger partial charge in [0.2, 0.25) is 0 Å². The van der Waals surface area contributed by atoms with Crippen molar-refractivity contribution in [3.05, 3.63) is 35.9 Å². The van der Waals surface area contributed by atoms with Gasteiger partial charge in [-0.2, -0.15) is 0 Å². The van der Waals surface area contributed by atoms with Gasteiger partial charge in [0.25, 0.3) is 0 Å². The predicted octanol–water partition coefficient (Wildman–Crippen LogP) is 2.40. The first-order valence-corrected chi connectivity index (χ1v) is 7.25. The average Bonchev–Trinajstić information content (AvgIpc) is 2.41. The van der Waals surface area contributed by atoms with Gasteiger partial charge < -0.3 is 16.0 Å². The Bertz CT molecular complexity index is 398. The summed E-state index contributed by atoms with van der Waals surface area (Å²) < 4.78 is 0. The molecule has 1 aromatic rings. The molecule has 1 aromatic carbocycles.